The van der Waals surface area contributed by atoms with E-state index < -0.39 is 11.1 Å². The molecule has 2 N–H and O–H groups in total. The van der Waals surface area contributed by atoms with Crippen molar-refractivity contribution in [3.63, 3.8) is 0 Å². The molecule has 0 spiro atoms. The minimum Gasteiger partial charge on any atom is -0.359 e. The molecular weight excluding hydrogens is 250 g/mol. The quantitative estimate of drug-likeness (QED) is 0.572. The van der Waals surface area contributed by atoms with Crippen LogP contribution in [0.25, 0.3) is 17.1 Å². The third-order valence-corrected chi connectivity index (χ3v) is 2.53. The Balaban J connectivity index is 2.32. The zero-order valence-corrected chi connectivity index (χ0v) is 10.5. The van der Waals surface area contributed by atoms with Crippen LogP contribution in [0.3, 0.4) is 0 Å². The van der Waals surface area contributed by atoms with Crippen LogP contribution in [-0.4, -0.2) is 21.1 Å². The van der Waals surface area contributed by atoms with Gasteiger partial charge in [-0.15, -0.1) is 0 Å². The van der Waals surface area contributed by atoms with Crippen molar-refractivity contribution >= 4 is 40.9 Å². The molecule has 0 atom stereocenters. The smallest absolute Gasteiger partial charge is 0.282 e. The molecule has 2 aromatic rings. The lowest BCUT2D eigenvalue weighted by atomic mass is 10.2. The fraction of sp³-hybridized carbons (Fsp3) is 0.0833. The first-order chi connectivity index (χ1) is 8.58. The highest BCUT2D eigenvalue weighted by atomic mass is 32.1. The van der Waals surface area contributed by atoms with Crippen molar-refractivity contribution in [3.8, 4) is 0 Å². The minimum atomic E-state index is -0.676. The molecule has 2 rings (SSSR count). The Hall–Kier alpha value is -2.08. The van der Waals surface area contributed by atoms with Gasteiger partial charge in [0.1, 0.15) is 0 Å². The van der Waals surface area contributed by atoms with Gasteiger partial charge in [0, 0.05) is 23.5 Å². The van der Waals surface area contributed by atoms with Gasteiger partial charge >= 0.3 is 0 Å². The second kappa shape index (κ2) is 5.05. The Morgan fingerprint density at radius 1 is 1.50 bits per heavy atom. The van der Waals surface area contributed by atoms with Crippen LogP contribution in [0, 0.1) is 0 Å². The summed E-state index contributed by atoms with van der Waals surface area (Å²) in [5.41, 5.74) is 2.87. The normalized spacial score (nSPS) is 11.6. The van der Waals surface area contributed by atoms with E-state index in [1.54, 1.807) is 25.4 Å². The maximum atomic E-state index is 11.5. The van der Waals surface area contributed by atoms with Crippen LogP contribution in [0.2, 0.25) is 0 Å². The van der Waals surface area contributed by atoms with Crippen molar-refractivity contribution in [3.05, 3.63) is 35.7 Å². The molecule has 18 heavy (non-hydrogen) atoms. The number of pyridine rings is 1. The molecular formula is C12H11N3O2S. The minimum absolute atomic E-state index is 0.406. The molecule has 0 fully saturated rings. The zero-order chi connectivity index (χ0) is 13.1. The molecule has 2 amide bonds. The first-order valence-corrected chi connectivity index (χ1v) is 5.67. The van der Waals surface area contributed by atoms with Crippen molar-refractivity contribution in [1.29, 1.82) is 0 Å². The van der Waals surface area contributed by atoms with E-state index in [9.17, 15) is 9.59 Å². The number of hydrogen-bond acceptors (Lipinski definition) is 3. The third-order valence-electron chi connectivity index (χ3n) is 2.41. The van der Waals surface area contributed by atoms with E-state index in [2.05, 4.69) is 27.9 Å². The molecule has 0 aliphatic heterocycles. The largest absolute Gasteiger partial charge is 0.359 e. The maximum absolute atomic E-state index is 11.5. The van der Waals surface area contributed by atoms with E-state index in [1.165, 1.54) is 0 Å². The number of nitrogens with one attached hydrogen (secondary N) is 2. The second-order valence-corrected chi connectivity index (χ2v) is 4.14. The fourth-order valence-electron chi connectivity index (χ4n) is 1.58. The summed E-state index contributed by atoms with van der Waals surface area (Å²) < 4.78 is 0. The summed E-state index contributed by atoms with van der Waals surface area (Å²) in [4.78, 5) is 29.5. The van der Waals surface area contributed by atoms with Gasteiger partial charge in [0.2, 0.25) is 0 Å². The van der Waals surface area contributed by atoms with Gasteiger partial charge in [-0.25, -0.2) is 0 Å². The molecule has 2 aromatic heterocycles. The van der Waals surface area contributed by atoms with Gasteiger partial charge in [0.25, 0.3) is 11.1 Å². The summed E-state index contributed by atoms with van der Waals surface area (Å²) in [5.74, 6) is -0.472. The second-order valence-electron chi connectivity index (χ2n) is 3.73. The van der Waals surface area contributed by atoms with Crippen LogP contribution in [0.15, 0.2) is 30.1 Å². The maximum Gasteiger partial charge on any atom is 0.282 e. The summed E-state index contributed by atoms with van der Waals surface area (Å²) in [6.45, 7) is 1.62. The molecule has 92 valence electrons. The van der Waals surface area contributed by atoms with Gasteiger partial charge in [-0.3, -0.25) is 19.9 Å². The number of hydrogen-bond donors (Lipinski definition) is 3. The van der Waals surface area contributed by atoms with Crippen molar-refractivity contribution in [1.82, 2.24) is 15.3 Å². The van der Waals surface area contributed by atoms with E-state index in [4.69, 9.17) is 0 Å². The van der Waals surface area contributed by atoms with Crippen molar-refractivity contribution < 1.29 is 9.59 Å². The average molecular weight is 261 g/mol. The number of carbonyl (C=O) groups is 2. The van der Waals surface area contributed by atoms with E-state index in [0.29, 0.717) is 5.57 Å². The number of H-pyrrole nitrogens is 1. The van der Waals surface area contributed by atoms with E-state index in [0.717, 1.165) is 16.6 Å². The van der Waals surface area contributed by atoms with Gasteiger partial charge < -0.3 is 4.98 Å². The van der Waals surface area contributed by atoms with E-state index in [1.807, 2.05) is 12.1 Å². The van der Waals surface area contributed by atoms with Crippen LogP contribution < -0.4 is 5.32 Å². The Morgan fingerprint density at radius 3 is 3.00 bits per heavy atom. The summed E-state index contributed by atoms with van der Waals surface area (Å²) in [6.07, 6.45) is 5.11. The van der Waals surface area contributed by atoms with Gasteiger partial charge in [-0.2, -0.15) is 0 Å². The SMILES string of the molecule is C/C(=C\c1c[nH]c2cccnc12)C(=O)NC(=O)S. The Morgan fingerprint density at radius 2 is 2.28 bits per heavy atom. The molecule has 0 bridgehead atoms. The third kappa shape index (κ3) is 2.60. The first-order valence-electron chi connectivity index (χ1n) is 5.22. The van der Waals surface area contributed by atoms with Crippen LogP contribution in [0.4, 0.5) is 4.79 Å². The monoisotopic (exact) mass is 261 g/mol. The number of nitrogens with zero attached hydrogens (tertiary/aromatic N) is 1. The molecule has 0 radical (unpaired) electrons. The van der Waals surface area contributed by atoms with Crippen LogP contribution in [0.1, 0.15) is 12.5 Å². The highest BCUT2D eigenvalue weighted by molar-refractivity contribution is 7.96. The number of aromatic nitrogens is 2. The van der Waals surface area contributed by atoms with Gasteiger partial charge in [0.05, 0.1) is 11.0 Å². The zero-order valence-electron chi connectivity index (χ0n) is 9.60. The molecule has 6 heteroatoms. The lowest BCUT2D eigenvalue weighted by molar-refractivity contribution is -0.116. The highest BCUT2D eigenvalue weighted by Crippen LogP contribution is 2.17. The summed E-state index contributed by atoms with van der Waals surface area (Å²) in [7, 11) is 0. The molecule has 2 heterocycles. The predicted molar refractivity (Wildman–Crippen MR) is 72.3 cm³/mol. The Labute approximate surface area is 109 Å². The first kappa shape index (κ1) is 12.4. The number of amides is 2. The summed E-state index contributed by atoms with van der Waals surface area (Å²) in [5, 5.41) is 1.41. The molecule has 5 nitrogen and oxygen atoms in total. The van der Waals surface area contributed by atoms with E-state index >= 15 is 0 Å². The number of thiol groups is 1. The van der Waals surface area contributed by atoms with Crippen molar-refractivity contribution in [2.75, 3.05) is 0 Å². The Kier molecular flexibility index (Phi) is 3.47. The topological polar surface area (TPSA) is 74.8 Å². The lowest BCUT2D eigenvalue weighted by Gasteiger charge is -1.99. The molecule has 0 unspecified atom stereocenters. The van der Waals surface area contributed by atoms with Crippen LogP contribution in [0.5, 0.6) is 0 Å². The Bertz CT molecular complexity index is 646. The molecule has 0 aromatic carbocycles. The van der Waals surface area contributed by atoms with Gasteiger partial charge in [-0.05, 0) is 25.1 Å². The number of carbonyl (C=O) groups excluding carboxylic acids is 2. The summed E-state index contributed by atoms with van der Waals surface area (Å²) in [6, 6.07) is 3.72. The number of fused-ring (bicyclic) bond motifs is 1. The highest BCUT2D eigenvalue weighted by Gasteiger charge is 2.08. The number of rotatable bonds is 2. The number of imide groups is 1. The molecule has 0 saturated carbocycles. The van der Waals surface area contributed by atoms with Crippen LogP contribution in [-0.2, 0) is 4.79 Å². The van der Waals surface area contributed by atoms with Crippen molar-refractivity contribution in [2.24, 2.45) is 0 Å². The number of aromatic amines is 1. The van der Waals surface area contributed by atoms with Crippen LogP contribution >= 0.6 is 12.6 Å². The average Bonchev–Trinajstić information content (AvgIpc) is 2.72. The molecule has 0 aliphatic rings. The predicted octanol–water partition coefficient (Wildman–Crippen LogP) is 2.13. The van der Waals surface area contributed by atoms with E-state index in [-0.39, 0.29) is 0 Å². The molecule has 0 saturated heterocycles. The fourth-order valence-corrected chi connectivity index (χ4v) is 1.68. The van der Waals surface area contributed by atoms with Gasteiger partial charge in [-0.1, -0.05) is 12.6 Å². The lowest BCUT2D eigenvalue weighted by Crippen LogP contribution is -2.26. The van der Waals surface area contributed by atoms with Gasteiger partial charge in [0.15, 0.2) is 0 Å². The molecule has 0 aliphatic carbocycles. The standard InChI is InChI=1S/C12H11N3O2S/c1-7(11(16)15-12(17)18)5-8-6-14-9-3-2-4-13-10(8)9/h2-6,14H,1H3,(H2,15,16,17,18)/b7-5+. The van der Waals surface area contributed by atoms with Crippen molar-refractivity contribution in [2.45, 2.75) is 6.92 Å². The summed E-state index contributed by atoms with van der Waals surface area (Å²) >= 11 is 3.49.